The van der Waals surface area contributed by atoms with Crippen LogP contribution in [0.4, 0.5) is 0 Å². The summed E-state index contributed by atoms with van der Waals surface area (Å²) in [4.78, 5) is 13.3. The van der Waals surface area contributed by atoms with Gasteiger partial charge in [0.2, 0.25) is 0 Å². The zero-order chi connectivity index (χ0) is 36.7. The van der Waals surface area contributed by atoms with E-state index in [1.807, 2.05) is 6.20 Å². The molecule has 5 nitrogen and oxygen atoms in total. The van der Waals surface area contributed by atoms with E-state index in [1.165, 1.54) is 65.1 Å². The van der Waals surface area contributed by atoms with Crippen molar-refractivity contribution >= 4 is 27.6 Å². The van der Waals surface area contributed by atoms with Gasteiger partial charge >= 0.3 is 0 Å². The SMILES string of the molecule is Cc1ccc2c(c1)c1ccc(Oc3cc(C4=N[C@](C)(C(C)(C)C)C(C)(C)N4C4CCCCC4)c(C)cc3C)cc1n2-c1cc(C(C)(C)C)ccn1. The Morgan fingerprint density at radius 2 is 1.47 bits per heavy atom. The Kier molecular flexibility index (Phi) is 8.47. The van der Waals surface area contributed by atoms with Gasteiger partial charge in [-0.1, -0.05) is 78.5 Å². The summed E-state index contributed by atoms with van der Waals surface area (Å²) < 4.78 is 9.20. The lowest BCUT2D eigenvalue weighted by Crippen LogP contribution is -2.62. The number of fused-ring (bicyclic) bond motifs is 3. The first-order chi connectivity index (χ1) is 23.9. The first-order valence-electron chi connectivity index (χ1n) is 19.1. The second kappa shape index (κ2) is 12.2. The van der Waals surface area contributed by atoms with Crippen LogP contribution in [0.3, 0.4) is 0 Å². The Morgan fingerprint density at radius 1 is 0.745 bits per heavy atom. The maximum absolute atomic E-state index is 6.91. The molecule has 1 saturated carbocycles. The first kappa shape index (κ1) is 35.3. The van der Waals surface area contributed by atoms with Gasteiger partial charge in [-0.3, -0.25) is 9.56 Å². The smallest absolute Gasteiger partial charge is 0.137 e. The number of aromatic nitrogens is 2. The number of amidine groups is 1. The van der Waals surface area contributed by atoms with Crippen LogP contribution in [0.5, 0.6) is 11.5 Å². The van der Waals surface area contributed by atoms with E-state index in [-0.39, 0.29) is 21.9 Å². The highest BCUT2D eigenvalue weighted by Gasteiger charge is 2.59. The van der Waals surface area contributed by atoms with E-state index in [0.29, 0.717) is 6.04 Å². The monoisotopic (exact) mass is 682 g/mol. The van der Waals surface area contributed by atoms with Crippen molar-refractivity contribution < 1.29 is 4.74 Å². The third-order valence-corrected chi connectivity index (χ3v) is 12.5. The molecule has 0 radical (unpaired) electrons. The summed E-state index contributed by atoms with van der Waals surface area (Å²) in [5.74, 6) is 3.73. The lowest BCUT2D eigenvalue weighted by atomic mass is 9.64. The van der Waals surface area contributed by atoms with E-state index in [9.17, 15) is 0 Å². The van der Waals surface area contributed by atoms with Crippen LogP contribution >= 0.6 is 0 Å². The molecule has 5 heteroatoms. The van der Waals surface area contributed by atoms with Crippen LogP contribution in [-0.2, 0) is 5.41 Å². The number of aryl methyl sites for hydroxylation is 3. The molecule has 1 aliphatic carbocycles. The molecule has 3 aromatic carbocycles. The maximum Gasteiger partial charge on any atom is 0.137 e. The van der Waals surface area contributed by atoms with Gasteiger partial charge < -0.3 is 9.64 Å². The fourth-order valence-corrected chi connectivity index (χ4v) is 8.89. The van der Waals surface area contributed by atoms with Crippen molar-refractivity contribution in [1.29, 1.82) is 0 Å². The minimum atomic E-state index is -0.264. The lowest BCUT2D eigenvalue weighted by Gasteiger charge is -2.52. The molecule has 0 bridgehead atoms. The summed E-state index contributed by atoms with van der Waals surface area (Å²) >= 11 is 0. The van der Waals surface area contributed by atoms with E-state index in [2.05, 4.69) is 153 Å². The summed E-state index contributed by atoms with van der Waals surface area (Å²) in [5.41, 5.74) is 7.85. The fourth-order valence-electron chi connectivity index (χ4n) is 8.89. The van der Waals surface area contributed by atoms with E-state index in [1.54, 1.807) is 0 Å². The summed E-state index contributed by atoms with van der Waals surface area (Å²) in [6, 6.07) is 22.6. The number of hydrogen-bond acceptors (Lipinski definition) is 4. The summed E-state index contributed by atoms with van der Waals surface area (Å²) in [6.45, 7) is 27.6. The molecule has 268 valence electrons. The predicted octanol–water partition coefficient (Wildman–Crippen LogP) is 12.2. The van der Waals surface area contributed by atoms with Crippen molar-refractivity contribution in [3.8, 4) is 17.3 Å². The maximum atomic E-state index is 6.91. The van der Waals surface area contributed by atoms with Gasteiger partial charge in [-0.05, 0) is 124 Å². The number of nitrogens with zero attached hydrogens (tertiary/aromatic N) is 4. The molecule has 7 rings (SSSR count). The molecule has 2 aromatic heterocycles. The molecule has 51 heavy (non-hydrogen) atoms. The lowest BCUT2D eigenvalue weighted by molar-refractivity contribution is 0.0331. The first-order valence-corrected chi connectivity index (χ1v) is 19.1. The van der Waals surface area contributed by atoms with Crippen LogP contribution in [-0.4, -0.2) is 37.4 Å². The number of hydrogen-bond donors (Lipinski definition) is 0. The minimum Gasteiger partial charge on any atom is -0.457 e. The molecule has 0 saturated heterocycles. The van der Waals surface area contributed by atoms with Crippen molar-refractivity contribution in [2.24, 2.45) is 10.4 Å². The average molecular weight is 683 g/mol. The van der Waals surface area contributed by atoms with E-state index in [0.717, 1.165) is 39.7 Å². The summed E-state index contributed by atoms with van der Waals surface area (Å²) in [6.07, 6.45) is 8.28. The third-order valence-electron chi connectivity index (χ3n) is 12.5. The van der Waals surface area contributed by atoms with Crippen molar-refractivity contribution in [3.05, 3.63) is 94.7 Å². The molecule has 1 aliphatic heterocycles. The van der Waals surface area contributed by atoms with Gasteiger partial charge in [-0.25, -0.2) is 4.98 Å². The van der Waals surface area contributed by atoms with Crippen molar-refractivity contribution in [3.63, 3.8) is 0 Å². The van der Waals surface area contributed by atoms with Crippen molar-refractivity contribution in [1.82, 2.24) is 14.5 Å². The number of ether oxygens (including phenoxy) is 1. The predicted molar refractivity (Wildman–Crippen MR) is 215 cm³/mol. The number of benzene rings is 3. The van der Waals surface area contributed by atoms with E-state index < -0.39 is 0 Å². The normalized spacial score (nSPS) is 20.0. The Balaban J connectivity index is 1.35. The van der Waals surface area contributed by atoms with Gasteiger partial charge in [0.1, 0.15) is 23.2 Å². The molecule has 0 N–H and O–H groups in total. The molecule has 0 amide bonds. The van der Waals surface area contributed by atoms with Crippen molar-refractivity contribution in [2.45, 2.75) is 138 Å². The highest BCUT2D eigenvalue weighted by atomic mass is 16.5. The average Bonchev–Trinajstić information content (AvgIpc) is 3.49. The van der Waals surface area contributed by atoms with Crippen LogP contribution in [0.25, 0.3) is 27.6 Å². The molecular weight excluding hydrogens is 625 g/mol. The Bertz CT molecular complexity index is 2170. The van der Waals surface area contributed by atoms with Gasteiger partial charge in [0.15, 0.2) is 0 Å². The molecule has 2 aliphatic rings. The molecular formula is C46H58N4O. The Labute approximate surface area is 306 Å². The largest absolute Gasteiger partial charge is 0.457 e. The Hall–Kier alpha value is -4.12. The van der Waals surface area contributed by atoms with Crippen LogP contribution in [0.1, 0.15) is 122 Å². The third kappa shape index (κ3) is 5.85. The Morgan fingerprint density at radius 3 is 2.16 bits per heavy atom. The molecule has 1 fully saturated rings. The van der Waals surface area contributed by atoms with Crippen LogP contribution in [0, 0.1) is 26.2 Å². The van der Waals surface area contributed by atoms with E-state index >= 15 is 0 Å². The number of aliphatic imine (C=N–C) groups is 1. The standard InChI is InChI=1S/C46H58N4O/c1-29-18-21-38-37(24-29)35-20-19-34(27-39(35)49(38)41-26-32(22-23-47-41)43(4,5)6)51-40-28-36(30(2)25-31(40)3)42-48-46(12,44(7,8)9)45(10,11)50(42)33-16-14-13-15-17-33/h18-28,33H,13-17H2,1-12H3/t46-/m1/s1. The van der Waals surface area contributed by atoms with E-state index in [4.69, 9.17) is 14.7 Å². The highest BCUT2D eigenvalue weighted by molar-refractivity contribution is 6.09. The number of pyridine rings is 1. The van der Waals surface area contributed by atoms with Gasteiger partial charge in [0, 0.05) is 34.6 Å². The van der Waals surface area contributed by atoms with Crippen LogP contribution in [0.15, 0.2) is 71.9 Å². The summed E-state index contributed by atoms with van der Waals surface area (Å²) in [7, 11) is 0. The fraction of sp³-hybridized carbons (Fsp3) is 0.478. The minimum absolute atomic E-state index is 0.0116. The molecule has 1 atom stereocenters. The molecule has 0 unspecified atom stereocenters. The topological polar surface area (TPSA) is 42.6 Å². The van der Waals surface area contributed by atoms with Crippen LogP contribution in [0.2, 0.25) is 0 Å². The molecule has 5 aromatic rings. The quantitative estimate of drug-likeness (QED) is 0.185. The van der Waals surface area contributed by atoms with Gasteiger partial charge in [0.25, 0.3) is 0 Å². The zero-order valence-corrected chi connectivity index (χ0v) is 33.2. The zero-order valence-electron chi connectivity index (χ0n) is 33.2. The van der Waals surface area contributed by atoms with Gasteiger partial charge in [0.05, 0.1) is 22.1 Å². The second-order valence-corrected chi connectivity index (χ2v) is 18.2. The molecule has 3 heterocycles. The van der Waals surface area contributed by atoms with Crippen molar-refractivity contribution in [2.75, 3.05) is 0 Å². The highest BCUT2D eigenvalue weighted by Crippen LogP contribution is 2.52. The number of rotatable bonds is 5. The van der Waals surface area contributed by atoms with Gasteiger partial charge in [-0.15, -0.1) is 0 Å². The molecule has 0 spiro atoms. The van der Waals surface area contributed by atoms with Gasteiger partial charge in [-0.2, -0.15) is 0 Å². The summed E-state index contributed by atoms with van der Waals surface area (Å²) in [5, 5.41) is 2.41. The van der Waals surface area contributed by atoms with Crippen LogP contribution < -0.4 is 4.74 Å². The second-order valence-electron chi connectivity index (χ2n) is 18.2.